The van der Waals surface area contributed by atoms with Crippen LogP contribution in [0.2, 0.25) is 0 Å². The Morgan fingerprint density at radius 2 is 2.00 bits per heavy atom. The molecule has 0 fully saturated rings. The van der Waals surface area contributed by atoms with E-state index in [1.807, 2.05) is 47.2 Å². The SMILES string of the molecule is CN=C(NCc1ccccc1-n1ccnc1)Nc1cccc(OCCCOC)c1.I. The number of para-hydroxylation sites is 1. The van der Waals surface area contributed by atoms with Crippen LogP contribution in [0.15, 0.2) is 72.2 Å². The minimum atomic E-state index is 0. The molecule has 0 unspecified atom stereocenters. The number of halogens is 1. The van der Waals surface area contributed by atoms with Gasteiger partial charge in [0.2, 0.25) is 0 Å². The fraction of sp³-hybridized carbons (Fsp3) is 0.273. The Balaban J connectivity index is 0.00000320. The number of nitrogens with one attached hydrogen (secondary N) is 2. The maximum Gasteiger partial charge on any atom is 0.195 e. The first-order valence-corrected chi connectivity index (χ1v) is 9.56. The van der Waals surface area contributed by atoms with Crippen LogP contribution in [-0.4, -0.2) is 42.9 Å². The first kappa shape index (κ1) is 23.7. The first-order valence-electron chi connectivity index (χ1n) is 9.56. The third-order valence-corrected chi connectivity index (χ3v) is 4.30. The van der Waals surface area contributed by atoms with Crippen LogP contribution in [0, 0.1) is 0 Å². The van der Waals surface area contributed by atoms with E-state index in [0.717, 1.165) is 29.1 Å². The van der Waals surface area contributed by atoms with Crippen molar-refractivity contribution in [3.63, 3.8) is 0 Å². The van der Waals surface area contributed by atoms with E-state index in [0.29, 0.717) is 25.7 Å². The number of aliphatic imine (C=N–C) groups is 1. The van der Waals surface area contributed by atoms with E-state index in [-0.39, 0.29) is 24.0 Å². The number of nitrogens with zero attached hydrogens (tertiary/aromatic N) is 3. The summed E-state index contributed by atoms with van der Waals surface area (Å²) in [6, 6.07) is 16.0. The predicted octanol–water partition coefficient (Wildman–Crippen LogP) is 4.09. The van der Waals surface area contributed by atoms with Gasteiger partial charge in [-0.25, -0.2) is 4.98 Å². The summed E-state index contributed by atoms with van der Waals surface area (Å²) in [4.78, 5) is 8.46. The molecule has 1 aromatic heterocycles. The Morgan fingerprint density at radius 1 is 1.13 bits per heavy atom. The number of imidazole rings is 1. The molecule has 2 aromatic carbocycles. The summed E-state index contributed by atoms with van der Waals surface area (Å²) < 4.78 is 12.8. The molecule has 0 aliphatic carbocycles. The van der Waals surface area contributed by atoms with E-state index >= 15 is 0 Å². The molecule has 0 spiro atoms. The Bertz CT molecular complexity index is 915. The maximum absolute atomic E-state index is 5.76. The molecule has 0 saturated carbocycles. The van der Waals surface area contributed by atoms with Gasteiger partial charge in [-0.1, -0.05) is 24.3 Å². The van der Waals surface area contributed by atoms with Gasteiger partial charge in [0.05, 0.1) is 18.6 Å². The quantitative estimate of drug-likeness (QED) is 0.192. The second-order valence-electron chi connectivity index (χ2n) is 6.37. The van der Waals surface area contributed by atoms with E-state index in [4.69, 9.17) is 9.47 Å². The molecule has 0 saturated heterocycles. The van der Waals surface area contributed by atoms with E-state index in [9.17, 15) is 0 Å². The Hall–Kier alpha value is -2.59. The maximum atomic E-state index is 5.76. The fourth-order valence-electron chi connectivity index (χ4n) is 2.87. The standard InChI is InChI=1S/C22H27N5O2.HI/c1-23-22(26-19-8-5-9-20(15-19)29-14-6-13-28-2)25-16-18-7-3-4-10-21(18)27-12-11-24-17-27;/h3-5,7-12,15,17H,6,13-14,16H2,1-2H3,(H2,23,25,26);1H. The lowest BCUT2D eigenvalue weighted by atomic mass is 10.1. The fourth-order valence-corrected chi connectivity index (χ4v) is 2.87. The molecule has 30 heavy (non-hydrogen) atoms. The van der Waals surface area contributed by atoms with Crippen LogP contribution in [-0.2, 0) is 11.3 Å². The van der Waals surface area contributed by atoms with Crippen molar-refractivity contribution in [2.45, 2.75) is 13.0 Å². The lowest BCUT2D eigenvalue weighted by Gasteiger charge is -2.15. The lowest BCUT2D eigenvalue weighted by molar-refractivity contribution is 0.172. The molecule has 0 bridgehead atoms. The minimum absolute atomic E-state index is 0. The van der Waals surface area contributed by atoms with Crippen molar-refractivity contribution in [2.75, 3.05) is 32.7 Å². The molecule has 0 aliphatic rings. The summed E-state index contributed by atoms with van der Waals surface area (Å²) in [5.74, 6) is 1.49. The van der Waals surface area contributed by atoms with Gasteiger partial charge in [0.25, 0.3) is 0 Å². The van der Waals surface area contributed by atoms with E-state index in [1.165, 1.54) is 0 Å². The number of methoxy groups -OCH3 is 1. The van der Waals surface area contributed by atoms with Crippen molar-refractivity contribution in [1.29, 1.82) is 0 Å². The van der Waals surface area contributed by atoms with Crippen LogP contribution < -0.4 is 15.4 Å². The molecule has 160 valence electrons. The smallest absolute Gasteiger partial charge is 0.195 e. The van der Waals surface area contributed by atoms with Crippen LogP contribution in [0.3, 0.4) is 0 Å². The molecule has 0 radical (unpaired) electrons. The Labute approximate surface area is 194 Å². The summed E-state index contributed by atoms with van der Waals surface area (Å²) in [6.07, 6.45) is 6.36. The first-order chi connectivity index (χ1) is 14.3. The second kappa shape index (κ2) is 12.9. The molecular formula is C22H28IN5O2. The molecule has 0 atom stereocenters. The molecule has 2 N–H and O–H groups in total. The summed E-state index contributed by atoms with van der Waals surface area (Å²) >= 11 is 0. The third kappa shape index (κ3) is 7.03. The van der Waals surface area contributed by atoms with E-state index < -0.39 is 0 Å². The summed E-state index contributed by atoms with van der Waals surface area (Å²) in [5, 5.41) is 6.67. The lowest BCUT2D eigenvalue weighted by Crippen LogP contribution is -2.30. The van der Waals surface area contributed by atoms with Crippen molar-refractivity contribution < 1.29 is 9.47 Å². The number of aromatic nitrogens is 2. The highest BCUT2D eigenvalue weighted by Crippen LogP contribution is 2.18. The van der Waals surface area contributed by atoms with Gasteiger partial charge in [-0.05, 0) is 23.8 Å². The molecule has 3 aromatic rings. The zero-order valence-electron chi connectivity index (χ0n) is 17.2. The zero-order valence-corrected chi connectivity index (χ0v) is 19.6. The molecule has 0 amide bonds. The van der Waals surface area contributed by atoms with Gasteiger partial charge in [0, 0.05) is 57.9 Å². The van der Waals surface area contributed by atoms with Crippen LogP contribution in [0.1, 0.15) is 12.0 Å². The van der Waals surface area contributed by atoms with Gasteiger partial charge >= 0.3 is 0 Å². The number of hydrogen-bond donors (Lipinski definition) is 2. The van der Waals surface area contributed by atoms with Crippen LogP contribution in [0.5, 0.6) is 5.75 Å². The van der Waals surface area contributed by atoms with Crippen molar-refractivity contribution in [1.82, 2.24) is 14.9 Å². The monoisotopic (exact) mass is 521 g/mol. The van der Waals surface area contributed by atoms with Crippen LogP contribution >= 0.6 is 24.0 Å². The normalized spacial score (nSPS) is 10.9. The highest BCUT2D eigenvalue weighted by Gasteiger charge is 2.06. The molecule has 8 heteroatoms. The molecule has 3 rings (SSSR count). The number of guanidine groups is 1. The van der Waals surface area contributed by atoms with E-state index in [1.54, 1.807) is 26.7 Å². The highest BCUT2D eigenvalue weighted by atomic mass is 127. The van der Waals surface area contributed by atoms with Gasteiger partial charge in [-0.3, -0.25) is 4.99 Å². The molecule has 1 heterocycles. The summed E-state index contributed by atoms with van der Waals surface area (Å²) in [5.41, 5.74) is 3.13. The largest absolute Gasteiger partial charge is 0.493 e. The van der Waals surface area contributed by atoms with Gasteiger partial charge in [-0.2, -0.15) is 0 Å². The molecular weight excluding hydrogens is 493 g/mol. The Morgan fingerprint density at radius 3 is 2.77 bits per heavy atom. The predicted molar refractivity (Wildman–Crippen MR) is 131 cm³/mol. The average Bonchev–Trinajstić information content (AvgIpc) is 3.29. The van der Waals surface area contributed by atoms with Crippen molar-refractivity contribution in [2.24, 2.45) is 4.99 Å². The number of anilines is 1. The number of benzene rings is 2. The van der Waals surface area contributed by atoms with Crippen molar-refractivity contribution >= 4 is 35.6 Å². The van der Waals surface area contributed by atoms with Crippen LogP contribution in [0.4, 0.5) is 5.69 Å². The second-order valence-corrected chi connectivity index (χ2v) is 6.37. The third-order valence-electron chi connectivity index (χ3n) is 4.30. The highest BCUT2D eigenvalue weighted by molar-refractivity contribution is 14.0. The number of ether oxygens (including phenoxy) is 2. The van der Waals surface area contributed by atoms with Gasteiger partial charge < -0.3 is 24.7 Å². The van der Waals surface area contributed by atoms with Crippen molar-refractivity contribution in [3.8, 4) is 11.4 Å². The molecule has 7 nitrogen and oxygen atoms in total. The summed E-state index contributed by atoms with van der Waals surface area (Å²) in [7, 11) is 3.44. The molecule has 0 aliphatic heterocycles. The number of hydrogen-bond acceptors (Lipinski definition) is 4. The topological polar surface area (TPSA) is 72.7 Å². The van der Waals surface area contributed by atoms with Crippen LogP contribution in [0.25, 0.3) is 5.69 Å². The minimum Gasteiger partial charge on any atom is -0.493 e. The zero-order chi connectivity index (χ0) is 20.3. The summed E-state index contributed by atoms with van der Waals surface area (Å²) in [6.45, 7) is 1.94. The van der Waals surface area contributed by atoms with Gasteiger partial charge in [0.15, 0.2) is 5.96 Å². The van der Waals surface area contributed by atoms with Gasteiger partial charge in [0.1, 0.15) is 5.75 Å². The average molecular weight is 521 g/mol. The number of rotatable bonds is 9. The Kier molecular flexibility index (Phi) is 10.2. The van der Waals surface area contributed by atoms with Gasteiger partial charge in [-0.15, -0.1) is 24.0 Å². The van der Waals surface area contributed by atoms with E-state index in [2.05, 4.69) is 32.7 Å². The van der Waals surface area contributed by atoms with Crippen molar-refractivity contribution in [3.05, 3.63) is 72.8 Å².